The Kier molecular flexibility index (Phi) is 7.53. The summed E-state index contributed by atoms with van der Waals surface area (Å²) in [5.74, 6) is -1.40. The minimum Gasteiger partial charge on any atom is -0.465 e. The van der Waals surface area contributed by atoms with Crippen LogP contribution in [0.5, 0.6) is 0 Å². The molecule has 10 heteroatoms. The van der Waals surface area contributed by atoms with Crippen LogP contribution < -0.4 is 4.80 Å². The SMILES string of the molecule is CCOC(=O)Cn1c(=NC(=O)CCS(=O)(=O)c2ccc(Cl)cc2)sc2cc(C)c(C)cc21. The lowest BCUT2D eigenvalue weighted by Gasteiger charge is -2.06. The summed E-state index contributed by atoms with van der Waals surface area (Å²) in [6.07, 6.45) is -0.281. The number of benzene rings is 2. The number of halogens is 1. The maximum atomic E-state index is 12.5. The molecular formula is C22H23ClN2O5S2. The third-order valence-corrected chi connectivity index (χ3v) is 7.89. The van der Waals surface area contributed by atoms with Crippen LogP contribution in [-0.4, -0.2) is 37.2 Å². The molecule has 0 fully saturated rings. The van der Waals surface area contributed by atoms with Crippen molar-refractivity contribution in [3.63, 3.8) is 0 Å². The van der Waals surface area contributed by atoms with Gasteiger partial charge in [-0.15, -0.1) is 0 Å². The molecule has 0 saturated carbocycles. The highest BCUT2D eigenvalue weighted by Crippen LogP contribution is 2.22. The van der Waals surface area contributed by atoms with E-state index in [0.29, 0.717) is 9.82 Å². The highest BCUT2D eigenvalue weighted by Gasteiger charge is 2.17. The van der Waals surface area contributed by atoms with Crippen molar-refractivity contribution >= 4 is 54.9 Å². The number of sulfone groups is 1. The Morgan fingerprint density at radius 3 is 2.44 bits per heavy atom. The fraction of sp³-hybridized carbons (Fsp3) is 0.318. The molecule has 0 unspecified atom stereocenters. The minimum atomic E-state index is -3.65. The van der Waals surface area contributed by atoms with E-state index in [1.54, 1.807) is 11.5 Å². The molecule has 7 nitrogen and oxygen atoms in total. The summed E-state index contributed by atoms with van der Waals surface area (Å²) in [6, 6.07) is 9.70. The number of nitrogens with zero attached hydrogens (tertiary/aromatic N) is 2. The van der Waals surface area contributed by atoms with E-state index in [1.165, 1.54) is 35.6 Å². The highest BCUT2D eigenvalue weighted by atomic mass is 35.5. The molecule has 0 aliphatic heterocycles. The summed E-state index contributed by atoms with van der Waals surface area (Å²) in [7, 11) is -3.65. The Bertz CT molecular complexity index is 1340. The van der Waals surface area contributed by atoms with Crippen LogP contribution in [-0.2, 0) is 30.7 Å². The zero-order chi connectivity index (χ0) is 23.5. The number of fused-ring (bicyclic) bond motifs is 1. The van der Waals surface area contributed by atoms with Gasteiger partial charge < -0.3 is 9.30 Å². The van der Waals surface area contributed by atoms with Crippen LogP contribution in [0.2, 0.25) is 5.02 Å². The van der Waals surface area contributed by atoms with E-state index in [9.17, 15) is 18.0 Å². The lowest BCUT2D eigenvalue weighted by Crippen LogP contribution is -2.23. The molecule has 0 aliphatic rings. The van der Waals surface area contributed by atoms with E-state index >= 15 is 0 Å². The van der Waals surface area contributed by atoms with Crippen molar-refractivity contribution in [2.75, 3.05) is 12.4 Å². The number of hydrogen-bond acceptors (Lipinski definition) is 6. The van der Waals surface area contributed by atoms with Gasteiger partial charge in [0.2, 0.25) is 5.91 Å². The first kappa shape index (κ1) is 24.2. The molecule has 0 radical (unpaired) electrons. The Labute approximate surface area is 195 Å². The van der Waals surface area contributed by atoms with Crippen LogP contribution in [0, 0.1) is 13.8 Å². The van der Waals surface area contributed by atoms with Gasteiger partial charge in [0.15, 0.2) is 14.6 Å². The van der Waals surface area contributed by atoms with Crippen molar-refractivity contribution in [2.24, 2.45) is 4.99 Å². The fourth-order valence-corrected chi connectivity index (χ4v) is 5.52. The van der Waals surface area contributed by atoms with Crippen molar-refractivity contribution in [1.29, 1.82) is 0 Å². The summed E-state index contributed by atoms with van der Waals surface area (Å²) >= 11 is 7.08. The van der Waals surface area contributed by atoms with E-state index in [4.69, 9.17) is 16.3 Å². The largest absolute Gasteiger partial charge is 0.465 e. The number of aromatic nitrogens is 1. The standard InChI is InChI=1S/C22H23ClN2O5S2/c1-4-30-21(27)13-25-18-11-14(2)15(3)12-19(18)31-22(25)24-20(26)9-10-32(28,29)17-7-5-16(23)6-8-17/h5-8,11-12H,4,9-10,13H2,1-3H3. The molecule has 170 valence electrons. The summed E-state index contributed by atoms with van der Waals surface area (Å²) in [5.41, 5.74) is 2.89. The lowest BCUT2D eigenvalue weighted by atomic mass is 10.1. The van der Waals surface area contributed by atoms with Crippen molar-refractivity contribution in [3.05, 3.63) is 57.3 Å². The van der Waals surface area contributed by atoms with Gasteiger partial charge in [0.05, 0.1) is 27.5 Å². The Hall–Kier alpha value is -2.49. The number of aryl methyl sites for hydroxylation is 2. The first-order valence-corrected chi connectivity index (χ1v) is 12.8. The van der Waals surface area contributed by atoms with E-state index in [0.717, 1.165) is 21.3 Å². The van der Waals surface area contributed by atoms with Gasteiger partial charge in [-0.05, 0) is 68.3 Å². The molecule has 0 bridgehead atoms. The topological polar surface area (TPSA) is 94.8 Å². The molecular weight excluding hydrogens is 472 g/mol. The van der Waals surface area contributed by atoms with E-state index in [2.05, 4.69) is 4.99 Å². The molecule has 32 heavy (non-hydrogen) atoms. The van der Waals surface area contributed by atoms with Gasteiger partial charge in [0.25, 0.3) is 0 Å². The van der Waals surface area contributed by atoms with Crippen LogP contribution in [0.3, 0.4) is 0 Å². The molecule has 1 amide bonds. The smallest absolute Gasteiger partial charge is 0.326 e. The van der Waals surface area contributed by atoms with Gasteiger partial charge in [-0.3, -0.25) is 9.59 Å². The zero-order valence-corrected chi connectivity index (χ0v) is 20.3. The van der Waals surface area contributed by atoms with Gasteiger partial charge in [0, 0.05) is 11.4 Å². The normalized spacial score (nSPS) is 12.3. The minimum absolute atomic E-state index is 0.0917. The molecule has 1 aromatic heterocycles. The molecule has 3 aromatic rings. The van der Waals surface area contributed by atoms with Crippen LogP contribution in [0.4, 0.5) is 0 Å². The number of thiazole rings is 1. The third-order valence-electron chi connectivity index (χ3n) is 4.87. The van der Waals surface area contributed by atoms with E-state index < -0.39 is 21.7 Å². The molecule has 0 aliphatic carbocycles. The number of amides is 1. The predicted molar refractivity (Wildman–Crippen MR) is 125 cm³/mol. The highest BCUT2D eigenvalue weighted by molar-refractivity contribution is 7.91. The third kappa shape index (κ3) is 5.65. The van der Waals surface area contributed by atoms with Crippen LogP contribution in [0.1, 0.15) is 24.5 Å². The Balaban J connectivity index is 1.91. The molecule has 0 atom stereocenters. The van der Waals surface area contributed by atoms with Gasteiger partial charge in [-0.1, -0.05) is 22.9 Å². The van der Waals surface area contributed by atoms with Crippen LogP contribution in [0.15, 0.2) is 46.3 Å². The van der Waals surface area contributed by atoms with Crippen LogP contribution in [0.25, 0.3) is 10.2 Å². The monoisotopic (exact) mass is 494 g/mol. The van der Waals surface area contributed by atoms with Gasteiger partial charge in [-0.25, -0.2) is 8.42 Å². The Morgan fingerprint density at radius 1 is 1.12 bits per heavy atom. The number of hydrogen-bond donors (Lipinski definition) is 0. The molecule has 3 rings (SSSR count). The van der Waals surface area contributed by atoms with Gasteiger partial charge in [0.1, 0.15) is 6.54 Å². The van der Waals surface area contributed by atoms with Crippen molar-refractivity contribution in [1.82, 2.24) is 4.57 Å². The van der Waals surface area contributed by atoms with E-state index in [-0.39, 0.29) is 30.2 Å². The summed E-state index contributed by atoms with van der Waals surface area (Å²) in [5, 5.41) is 0.427. The number of ether oxygens (including phenoxy) is 1. The molecule has 0 spiro atoms. The first-order chi connectivity index (χ1) is 15.1. The average Bonchev–Trinajstić information content (AvgIpc) is 3.03. The summed E-state index contributed by atoms with van der Waals surface area (Å²) < 4.78 is 32.6. The van der Waals surface area contributed by atoms with Gasteiger partial charge in [-0.2, -0.15) is 4.99 Å². The Morgan fingerprint density at radius 2 is 1.78 bits per heavy atom. The average molecular weight is 495 g/mol. The fourth-order valence-electron chi connectivity index (χ4n) is 3.04. The van der Waals surface area contributed by atoms with Crippen molar-refractivity contribution in [3.8, 4) is 0 Å². The lowest BCUT2D eigenvalue weighted by molar-refractivity contribution is -0.143. The second-order valence-electron chi connectivity index (χ2n) is 7.21. The maximum Gasteiger partial charge on any atom is 0.326 e. The zero-order valence-electron chi connectivity index (χ0n) is 17.9. The second-order valence-corrected chi connectivity index (χ2v) is 10.8. The molecule has 1 heterocycles. The first-order valence-electron chi connectivity index (χ1n) is 9.93. The number of esters is 1. The second kappa shape index (κ2) is 9.97. The number of rotatable bonds is 7. The van der Waals surface area contributed by atoms with Gasteiger partial charge >= 0.3 is 5.97 Å². The van der Waals surface area contributed by atoms with E-state index in [1.807, 2.05) is 26.0 Å². The van der Waals surface area contributed by atoms with Crippen LogP contribution >= 0.6 is 22.9 Å². The summed E-state index contributed by atoms with van der Waals surface area (Å²) in [4.78, 5) is 29.2. The van der Waals surface area contributed by atoms with Crippen molar-refractivity contribution < 1.29 is 22.7 Å². The predicted octanol–water partition coefficient (Wildman–Crippen LogP) is 3.83. The quantitative estimate of drug-likeness (QED) is 0.465. The molecule has 2 aromatic carbocycles. The summed E-state index contributed by atoms with van der Waals surface area (Å²) in [6.45, 7) is 5.81. The molecule has 0 N–H and O–H groups in total. The maximum absolute atomic E-state index is 12.5. The molecule has 0 saturated heterocycles. The number of carbonyl (C=O) groups is 2. The van der Waals surface area contributed by atoms with Crippen molar-refractivity contribution in [2.45, 2.75) is 38.6 Å². The number of carbonyl (C=O) groups excluding carboxylic acids is 2.